The van der Waals surface area contributed by atoms with Crippen molar-refractivity contribution in [2.45, 2.75) is 6.54 Å². The third kappa shape index (κ3) is 4.20. The SMILES string of the molecule is COc1c(C(=O)NCc2cnccn2)ccc2[nH]nc(C=Cc3ccc4c(c3)OCCO4)c12. The molecule has 0 radical (unpaired) electrons. The van der Waals surface area contributed by atoms with Crippen LogP contribution in [0.4, 0.5) is 0 Å². The second-order valence-electron chi connectivity index (χ2n) is 7.29. The van der Waals surface area contributed by atoms with E-state index in [4.69, 9.17) is 14.2 Å². The van der Waals surface area contributed by atoms with Gasteiger partial charge in [0.15, 0.2) is 11.5 Å². The minimum absolute atomic E-state index is 0.260. The van der Waals surface area contributed by atoms with Gasteiger partial charge in [0.1, 0.15) is 19.0 Å². The van der Waals surface area contributed by atoms with Crippen LogP contribution in [0.3, 0.4) is 0 Å². The zero-order chi connectivity index (χ0) is 22.6. The van der Waals surface area contributed by atoms with E-state index in [1.54, 1.807) is 24.7 Å². The van der Waals surface area contributed by atoms with E-state index in [0.29, 0.717) is 35.9 Å². The van der Waals surface area contributed by atoms with Crippen LogP contribution in [0, 0.1) is 0 Å². The second kappa shape index (κ2) is 8.99. The lowest BCUT2D eigenvalue weighted by Gasteiger charge is -2.18. The Morgan fingerprint density at radius 3 is 2.85 bits per heavy atom. The van der Waals surface area contributed by atoms with Crippen molar-refractivity contribution in [3.05, 3.63) is 71.4 Å². The van der Waals surface area contributed by atoms with E-state index in [1.165, 1.54) is 7.11 Å². The highest BCUT2D eigenvalue weighted by atomic mass is 16.6. The number of hydrogen-bond donors (Lipinski definition) is 2. The smallest absolute Gasteiger partial charge is 0.255 e. The van der Waals surface area contributed by atoms with Gasteiger partial charge in [0, 0.05) is 12.4 Å². The Balaban J connectivity index is 1.43. The molecule has 0 bridgehead atoms. The highest BCUT2D eigenvalue weighted by Crippen LogP contribution is 2.34. The Morgan fingerprint density at radius 2 is 2.03 bits per heavy atom. The molecule has 9 heteroatoms. The third-order valence-electron chi connectivity index (χ3n) is 5.21. The summed E-state index contributed by atoms with van der Waals surface area (Å²) in [5, 5.41) is 11.0. The van der Waals surface area contributed by atoms with Crippen molar-refractivity contribution in [3.63, 3.8) is 0 Å². The maximum Gasteiger partial charge on any atom is 0.255 e. The lowest BCUT2D eigenvalue weighted by atomic mass is 10.1. The number of methoxy groups -OCH3 is 1. The van der Waals surface area contributed by atoms with Crippen LogP contribution in [-0.4, -0.2) is 46.4 Å². The highest BCUT2D eigenvalue weighted by Gasteiger charge is 2.19. The topological polar surface area (TPSA) is 111 Å². The van der Waals surface area contributed by atoms with Crippen molar-refractivity contribution in [1.82, 2.24) is 25.5 Å². The molecule has 3 heterocycles. The summed E-state index contributed by atoms with van der Waals surface area (Å²) in [7, 11) is 1.54. The number of carbonyl (C=O) groups is 1. The Labute approximate surface area is 189 Å². The van der Waals surface area contributed by atoms with Crippen molar-refractivity contribution < 1.29 is 19.0 Å². The van der Waals surface area contributed by atoms with Crippen LogP contribution >= 0.6 is 0 Å². The maximum atomic E-state index is 12.9. The average Bonchev–Trinajstić information content (AvgIpc) is 3.29. The zero-order valence-corrected chi connectivity index (χ0v) is 17.9. The van der Waals surface area contributed by atoms with E-state index < -0.39 is 0 Å². The molecule has 0 saturated heterocycles. The molecule has 0 fully saturated rings. The average molecular weight is 443 g/mol. The van der Waals surface area contributed by atoms with Gasteiger partial charge >= 0.3 is 0 Å². The lowest BCUT2D eigenvalue weighted by Crippen LogP contribution is -2.24. The molecule has 5 rings (SSSR count). The Hall–Kier alpha value is -4.40. The number of H-pyrrole nitrogens is 1. The zero-order valence-electron chi connectivity index (χ0n) is 17.9. The van der Waals surface area contributed by atoms with Crippen LogP contribution in [0.5, 0.6) is 17.2 Å². The molecule has 2 N–H and O–H groups in total. The predicted molar refractivity (Wildman–Crippen MR) is 122 cm³/mol. The van der Waals surface area contributed by atoms with Gasteiger partial charge in [-0.2, -0.15) is 5.10 Å². The van der Waals surface area contributed by atoms with Gasteiger partial charge in [-0.05, 0) is 35.9 Å². The number of aromatic amines is 1. The Morgan fingerprint density at radius 1 is 1.15 bits per heavy atom. The lowest BCUT2D eigenvalue weighted by molar-refractivity contribution is 0.0947. The molecular formula is C24H21N5O4. The summed E-state index contributed by atoms with van der Waals surface area (Å²) < 4.78 is 16.9. The van der Waals surface area contributed by atoms with Gasteiger partial charge in [0.05, 0.1) is 47.7 Å². The van der Waals surface area contributed by atoms with Crippen molar-refractivity contribution in [3.8, 4) is 17.2 Å². The molecule has 1 aliphatic heterocycles. The molecule has 2 aromatic carbocycles. The molecule has 0 atom stereocenters. The number of ether oxygens (including phenoxy) is 3. The second-order valence-corrected chi connectivity index (χ2v) is 7.29. The minimum Gasteiger partial charge on any atom is -0.495 e. The molecule has 0 aliphatic carbocycles. The first-order valence-corrected chi connectivity index (χ1v) is 10.4. The van der Waals surface area contributed by atoms with Crippen molar-refractivity contribution >= 4 is 29.0 Å². The van der Waals surface area contributed by atoms with Crippen LogP contribution in [-0.2, 0) is 6.54 Å². The summed E-state index contributed by atoms with van der Waals surface area (Å²) in [5.74, 6) is 1.62. The Kier molecular flexibility index (Phi) is 5.59. The van der Waals surface area contributed by atoms with Gasteiger partial charge in [-0.15, -0.1) is 0 Å². The predicted octanol–water partition coefficient (Wildman–Crippen LogP) is 3.23. The molecule has 0 spiro atoms. The summed E-state index contributed by atoms with van der Waals surface area (Å²) in [6.07, 6.45) is 8.57. The van der Waals surface area contributed by atoms with Crippen LogP contribution in [0.15, 0.2) is 48.9 Å². The van der Waals surface area contributed by atoms with Gasteiger partial charge in [0.2, 0.25) is 0 Å². The first-order chi connectivity index (χ1) is 16.2. The first kappa shape index (κ1) is 20.5. The van der Waals surface area contributed by atoms with E-state index in [1.807, 2.05) is 36.4 Å². The first-order valence-electron chi connectivity index (χ1n) is 10.4. The van der Waals surface area contributed by atoms with E-state index in [2.05, 4.69) is 25.5 Å². The van der Waals surface area contributed by atoms with Crippen molar-refractivity contribution in [2.75, 3.05) is 20.3 Å². The molecule has 4 aromatic rings. The molecule has 1 aliphatic rings. The van der Waals surface area contributed by atoms with E-state index >= 15 is 0 Å². The number of carbonyl (C=O) groups excluding carboxylic acids is 1. The quantitative estimate of drug-likeness (QED) is 0.471. The third-order valence-corrected chi connectivity index (χ3v) is 5.21. The number of rotatable bonds is 6. The number of fused-ring (bicyclic) bond motifs is 2. The molecule has 2 aromatic heterocycles. The number of benzene rings is 2. The van der Waals surface area contributed by atoms with Gasteiger partial charge in [-0.1, -0.05) is 12.1 Å². The molecular weight excluding hydrogens is 422 g/mol. The summed E-state index contributed by atoms with van der Waals surface area (Å²) in [5.41, 5.74) is 3.42. The summed E-state index contributed by atoms with van der Waals surface area (Å²) in [4.78, 5) is 21.1. The monoisotopic (exact) mass is 443 g/mol. The number of aromatic nitrogens is 4. The van der Waals surface area contributed by atoms with Crippen LogP contribution in [0.2, 0.25) is 0 Å². The summed E-state index contributed by atoms with van der Waals surface area (Å²) in [6.45, 7) is 1.34. The van der Waals surface area contributed by atoms with Gasteiger partial charge in [0.25, 0.3) is 5.91 Å². The largest absolute Gasteiger partial charge is 0.495 e. The minimum atomic E-state index is -0.276. The fourth-order valence-electron chi connectivity index (χ4n) is 3.64. The standard InChI is InChI=1S/C24H21N5O4/c1-31-23-17(24(30)27-14-16-13-25-8-9-26-16)4-6-19-22(23)18(28-29-19)5-2-15-3-7-20-21(12-15)33-11-10-32-20/h2-9,12-13H,10-11,14H2,1H3,(H,27,30)(H,28,29). The molecule has 1 amide bonds. The van der Waals surface area contributed by atoms with Crippen LogP contribution in [0.25, 0.3) is 23.1 Å². The Bertz CT molecular complexity index is 1330. The van der Waals surface area contributed by atoms with E-state index in [-0.39, 0.29) is 12.5 Å². The number of nitrogens with one attached hydrogen (secondary N) is 2. The van der Waals surface area contributed by atoms with Crippen molar-refractivity contribution in [1.29, 1.82) is 0 Å². The molecule has 166 valence electrons. The summed E-state index contributed by atoms with van der Waals surface area (Å²) >= 11 is 0. The van der Waals surface area contributed by atoms with Gasteiger partial charge in [-0.25, -0.2) is 0 Å². The molecule has 33 heavy (non-hydrogen) atoms. The highest BCUT2D eigenvalue weighted by molar-refractivity contribution is 6.05. The van der Waals surface area contributed by atoms with Gasteiger partial charge < -0.3 is 19.5 Å². The summed E-state index contributed by atoms with van der Waals surface area (Å²) in [6, 6.07) is 9.27. The fourth-order valence-corrected chi connectivity index (χ4v) is 3.64. The van der Waals surface area contributed by atoms with E-state index in [0.717, 1.165) is 28.0 Å². The number of nitrogens with zero attached hydrogens (tertiary/aromatic N) is 3. The van der Waals surface area contributed by atoms with Crippen LogP contribution in [0.1, 0.15) is 27.3 Å². The maximum absolute atomic E-state index is 12.9. The molecule has 0 saturated carbocycles. The number of hydrogen-bond acceptors (Lipinski definition) is 7. The fraction of sp³-hybridized carbons (Fsp3) is 0.167. The van der Waals surface area contributed by atoms with Gasteiger partial charge in [-0.3, -0.25) is 19.9 Å². The normalized spacial score (nSPS) is 12.8. The number of amides is 1. The molecule has 9 nitrogen and oxygen atoms in total. The van der Waals surface area contributed by atoms with Crippen molar-refractivity contribution in [2.24, 2.45) is 0 Å². The van der Waals surface area contributed by atoms with E-state index in [9.17, 15) is 4.79 Å². The molecule has 0 unspecified atom stereocenters. The van der Waals surface area contributed by atoms with Crippen LogP contribution < -0.4 is 19.5 Å².